The summed E-state index contributed by atoms with van der Waals surface area (Å²) in [4.78, 5) is 28.9. The smallest absolute Gasteiger partial charge is 0.253 e. The van der Waals surface area contributed by atoms with Crippen molar-refractivity contribution in [2.45, 2.75) is 44.6 Å². The van der Waals surface area contributed by atoms with Gasteiger partial charge in [0.15, 0.2) is 0 Å². The minimum absolute atomic E-state index is 0.0873. The van der Waals surface area contributed by atoms with Crippen LogP contribution < -0.4 is 4.74 Å². The Kier molecular flexibility index (Phi) is 6.38. The van der Waals surface area contributed by atoms with E-state index in [-0.39, 0.29) is 12.0 Å². The molecule has 158 valence electrons. The van der Waals surface area contributed by atoms with Gasteiger partial charge in [-0.3, -0.25) is 9.59 Å². The number of carbonyl (C=O) groups is 2. The highest BCUT2D eigenvalue weighted by Crippen LogP contribution is 2.32. The van der Waals surface area contributed by atoms with E-state index in [1.165, 1.54) is 0 Å². The second-order valence-electron chi connectivity index (χ2n) is 8.66. The Morgan fingerprint density at radius 2 is 1.69 bits per heavy atom. The summed E-state index contributed by atoms with van der Waals surface area (Å²) in [6, 6.07) is 7.52. The third-order valence-electron chi connectivity index (χ3n) is 6.29. The molecule has 4 rings (SSSR count). The van der Waals surface area contributed by atoms with Gasteiger partial charge >= 0.3 is 0 Å². The molecule has 3 aliphatic rings. The van der Waals surface area contributed by atoms with Crippen molar-refractivity contribution in [3.63, 3.8) is 0 Å². The van der Waals surface area contributed by atoms with Gasteiger partial charge in [0, 0.05) is 57.6 Å². The number of hydrogen-bond acceptors (Lipinski definition) is 4. The van der Waals surface area contributed by atoms with Gasteiger partial charge in [0.1, 0.15) is 11.9 Å². The van der Waals surface area contributed by atoms with Crippen LogP contribution in [-0.4, -0.2) is 67.6 Å². The van der Waals surface area contributed by atoms with Crippen LogP contribution in [0.2, 0.25) is 0 Å². The summed E-state index contributed by atoms with van der Waals surface area (Å²) < 4.78 is 11.4. The Morgan fingerprint density at radius 3 is 2.34 bits per heavy atom. The van der Waals surface area contributed by atoms with Crippen molar-refractivity contribution >= 4 is 11.8 Å². The lowest BCUT2D eigenvalue weighted by Gasteiger charge is -2.33. The fourth-order valence-electron chi connectivity index (χ4n) is 4.45. The maximum absolute atomic E-state index is 12.8. The highest BCUT2D eigenvalue weighted by molar-refractivity contribution is 5.94. The van der Waals surface area contributed by atoms with Crippen molar-refractivity contribution in [3.05, 3.63) is 29.8 Å². The molecule has 3 fully saturated rings. The van der Waals surface area contributed by atoms with Crippen molar-refractivity contribution in [3.8, 4) is 5.75 Å². The van der Waals surface area contributed by atoms with Gasteiger partial charge in [-0.1, -0.05) is 0 Å². The third kappa shape index (κ3) is 5.10. The second kappa shape index (κ2) is 9.16. The number of rotatable bonds is 6. The summed E-state index contributed by atoms with van der Waals surface area (Å²) in [6.07, 6.45) is 6.15. The van der Waals surface area contributed by atoms with Crippen molar-refractivity contribution in [1.29, 1.82) is 0 Å². The van der Waals surface area contributed by atoms with Gasteiger partial charge in [-0.25, -0.2) is 0 Å². The molecule has 0 bridgehead atoms. The number of ether oxygens (including phenoxy) is 2. The van der Waals surface area contributed by atoms with E-state index in [2.05, 4.69) is 0 Å². The van der Waals surface area contributed by atoms with Crippen LogP contribution in [0.4, 0.5) is 0 Å². The molecule has 1 atom stereocenters. The molecule has 6 nitrogen and oxygen atoms in total. The Bertz CT molecular complexity index is 706. The van der Waals surface area contributed by atoms with E-state index in [0.29, 0.717) is 29.9 Å². The Labute approximate surface area is 173 Å². The van der Waals surface area contributed by atoms with Crippen LogP contribution in [0.15, 0.2) is 24.3 Å². The minimum Gasteiger partial charge on any atom is -0.490 e. The predicted molar refractivity (Wildman–Crippen MR) is 110 cm³/mol. The maximum Gasteiger partial charge on any atom is 0.253 e. The monoisotopic (exact) mass is 400 g/mol. The fraction of sp³-hybridized carbons (Fsp3) is 0.652. The topological polar surface area (TPSA) is 59.1 Å². The zero-order valence-electron chi connectivity index (χ0n) is 17.3. The van der Waals surface area contributed by atoms with Gasteiger partial charge in [0.25, 0.3) is 5.91 Å². The van der Waals surface area contributed by atoms with Crippen LogP contribution in [-0.2, 0) is 9.53 Å². The van der Waals surface area contributed by atoms with Crippen LogP contribution in [0.3, 0.4) is 0 Å². The van der Waals surface area contributed by atoms with E-state index in [4.69, 9.17) is 9.47 Å². The first kappa shape index (κ1) is 20.2. The molecule has 0 radical (unpaired) electrons. The van der Waals surface area contributed by atoms with Crippen LogP contribution in [0.5, 0.6) is 5.75 Å². The van der Waals surface area contributed by atoms with E-state index < -0.39 is 0 Å². The predicted octanol–water partition coefficient (Wildman–Crippen LogP) is 2.97. The molecule has 0 spiro atoms. The third-order valence-corrected chi connectivity index (χ3v) is 6.29. The summed E-state index contributed by atoms with van der Waals surface area (Å²) >= 11 is 0. The number of carbonyl (C=O) groups excluding carboxylic acids is 2. The maximum atomic E-state index is 12.8. The molecule has 1 aromatic rings. The zero-order chi connectivity index (χ0) is 20.2. The number of benzene rings is 1. The lowest BCUT2D eigenvalue weighted by molar-refractivity contribution is -0.134. The fourth-order valence-corrected chi connectivity index (χ4v) is 4.45. The average Bonchev–Trinajstić information content (AvgIpc) is 3.60. The number of methoxy groups -OCH3 is 1. The first-order valence-corrected chi connectivity index (χ1v) is 11.0. The SMILES string of the molecule is COC[C@@H]1CCCN(C(=O)c2ccc(OC3CCN(C(=O)C4CC4)CC3)cc2)C1. The van der Waals surface area contributed by atoms with Crippen LogP contribution in [0.1, 0.15) is 48.9 Å². The minimum atomic E-state index is 0.0873. The molecular weight excluding hydrogens is 368 g/mol. The average molecular weight is 401 g/mol. The molecule has 0 unspecified atom stereocenters. The van der Waals surface area contributed by atoms with Gasteiger partial charge in [0.2, 0.25) is 5.91 Å². The molecule has 2 heterocycles. The van der Waals surface area contributed by atoms with E-state index >= 15 is 0 Å². The highest BCUT2D eigenvalue weighted by atomic mass is 16.5. The van der Waals surface area contributed by atoms with E-state index in [1.807, 2.05) is 34.1 Å². The van der Waals surface area contributed by atoms with Crippen molar-refractivity contribution in [2.24, 2.45) is 11.8 Å². The number of nitrogens with zero attached hydrogens (tertiary/aromatic N) is 2. The molecule has 1 saturated carbocycles. The van der Waals surface area contributed by atoms with E-state index in [1.54, 1.807) is 7.11 Å². The van der Waals surface area contributed by atoms with Crippen molar-refractivity contribution in [1.82, 2.24) is 9.80 Å². The van der Waals surface area contributed by atoms with Crippen LogP contribution >= 0.6 is 0 Å². The number of piperidine rings is 2. The van der Waals surface area contributed by atoms with Gasteiger partial charge < -0.3 is 19.3 Å². The Hall–Kier alpha value is -2.08. The molecule has 1 aromatic carbocycles. The number of amides is 2. The highest BCUT2D eigenvalue weighted by Gasteiger charge is 2.35. The van der Waals surface area contributed by atoms with Gasteiger partial charge in [-0.15, -0.1) is 0 Å². The van der Waals surface area contributed by atoms with E-state index in [9.17, 15) is 9.59 Å². The molecule has 6 heteroatoms. The first-order chi connectivity index (χ1) is 14.1. The second-order valence-corrected chi connectivity index (χ2v) is 8.66. The van der Waals surface area contributed by atoms with Crippen LogP contribution in [0, 0.1) is 11.8 Å². The molecule has 2 aliphatic heterocycles. The Morgan fingerprint density at radius 1 is 0.966 bits per heavy atom. The summed E-state index contributed by atoms with van der Waals surface area (Å²) in [6.45, 7) is 3.86. The largest absolute Gasteiger partial charge is 0.490 e. The summed E-state index contributed by atoms with van der Waals surface area (Å²) in [5.74, 6) is 1.94. The first-order valence-electron chi connectivity index (χ1n) is 11.0. The van der Waals surface area contributed by atoms with E-state index in [0.717, 1.165) is 70.5 Å². The molecule has 0 aromatic heterocycles. The zero-order valence-corrected chi connectivity index (χ0v) is 17.3. The quantitative estimate of drug-likeness (QED) is 0.737. The molecule has 1 aliphatic carbocycles. The number of hydrogen-bond donors (Lipinski definition) is 0. The molecular formula is C23H32N2O4. The lowest BCUT2D eigenvalue weighted by atomic mass is 9.98. The van der Waals surface area contributed by atoms with Gasteiger partial charge in [-0.05, 0) is 55.9 Å². The molecule has 0 N–H and O–H groups in total. The normalized spacial score (nSPS) is 23.1. The molecule has 2 saturated heterocycles. The van der Waals surface area contributed by atoms with Gasteiger partial charge in [-0.2, -0.15) is 0 Å². The lowest BCUT2D eigenvalue weighted by Crippen LogP contribution is -2.42. The summed E-state index contributed by atoms with van der Waals surface area (Å²) in [7, 11) is 1.72. The Balaban J connectivity index is 1.27. The van der Waals surface area contributed by atoms with Crippen molar-refractivity contribution in [2.75, 3.05) is 39.9 Å². The number of likely N-dealkylation sites (tertiary alicyclic amines) is 2. The molecule has 2 amide bonds. The van der Waals surface area contributed by atoms with Gasteiger partial charge in [0.05, 0.1) is 6.61 Å². The standard InChI is InChI=1S/C23H32N2O4/c1-28-16-17-3-2-12-25(15-17)23(27)19-6-8-20(9-7-19)29-21-10-13-24(14-11-21)22(26)18-4-5-18/h6-9,17-18,21H,2-5,10-16H2,1H3/t17-/m1/s1. The molecule has 29 heavy (non-hydrogen) atoms. The van der Waals surface area contributed by atoms with Crippen molar-refractivity contribution < 1.29 is 19.1 Å². The summed E-state index contributed by atoms with van der Waals surface area (Å²) in [5, 5.41) is 0. The van der Waals surface area contributed by atoms with Crippen LogP contribution in [0.25, 0.3) is 0 Å². The summed E-state index contributed by atoms with van der Waals surface area (Å²) in [5.41, 5.74) is 0.709.